The predicted octanol–water partition coefficient (Wildman–Crippen LogP) is 0.0604. The lowest BCUT2D eigenvalue weighted by atomic mass is 10.1. The molecule has 1 aliphatic heterocycles. The highest BCUT2D eigenvalue weighted by Gasteiger charge is 2.31. The number of likely N-dealkylation sites (N-methyl/N-ethyl adjacent to an activating group) is 1. The van der Waals surface area contributed by atoms with E-state index in [4.69, 9.17) is 5.73 Å². The summed E-state index contributed by atoms with van der Waals surface area (Å²) in [6, 6.07) is 7.51. The van der Waals surface area contributed by atoms with Crippen LogP contribution in [-0.4, -0.2) is 79.7 Å². The van der Waals surface area contributed by atoms with Gasteiger partial charge in [0.1, 0.15) is 17.9 Å². The molecule has 1 saturated heterocycles. The molecular weight excluding hydrogens is 466 g/mol. The second-order valence-corrected chi connectivity index (χ2v) is 10.4. The molecule has 0 aliphatic carbocycles. The Morgan fingerprint density at radius 1 is 1.18 bits per heavy atom. The van der Waals surface area contributed by atoms with Gasteiger partial charge in [-0.3, -0.25) is 9.59 Å². The van der Waals surface area contributed by atoms with E-state index >= 15 is 0 Å². The predicted molar refractivity (Wildman–Crippen MR) is 128 cm³/mol. The summed E-state index contributed by atoms with van der Waals surface area (Å²) in [5.41, 5.74) is 6.06. The summed E-state index contributed by atoms with van der Waals surface area (Å²) in [7, 11) is -1.93. The van der Waals surface area contributed by atoms with Crippen LogP contribution in [0.25, 0.3) is 0 Å². The highest BCUT2D eigenvalue weighted by molar-refractivity contribution is 7.87. The van der Waals surface area contributed by atoms with Crippen molar-refractivity contribution >= 4 is 44.3 Å². The van der Waals surface area contributed by atoms with Crippen LogP contribution in [0.3, 0.4) is 0 Å². The Hall–Kier alpha value is -2.58. The first-order valence-electron chi connectivity index (χ1n) is 10.5. The van der Waals surface area contributed by atoms with Crippen molar-refractivity contribution in [2.45, 2.75) is 25.4 Å². The molecule has 0 radical (unpaired) electrons. The highest BCUT2D eigenvalue weighted by atomic mass is 32.2. The van der Waals surface area contributed by atoms with Crippen molar-refractivity contribution in [2.75, 3.05) is 43.9 Å². The summed E-state index contributed by atoms with van der Waals surface area (Å²) in [6.45, 7) is 3.54. The molecule has 2 atom stereocenters. The van der Waals surface area contributed by atoms with E-state index in [1.165, 1.54) is 4.31 Å². The van der Waals surface area contributed by atoms with Gasteiger partial charge in [-0.05, 0) is 26.0 Å². The van der Waals surface area contributed by atoms with E-state index in [9.17, 15) is 18.0 Å². The number of anilines is 2. The molecule has 1 aliphatic rings. The summed E-state index contributed by atoms with van der Waals surface area (Å²) in [6.07, 6.45) is 0.175. The quantitative estimate of drug-likeness (QED) is 0.364. The molecule has 0 unspecified atom stereocenters. The van der Waals surface area contributed by atoms with Gasteiger partial charge in [-0.1, -0.05) is 30.3 Å². The van der Waals surface area contributed by atoms with Crippen molar-refractivity contribution in [1.29, 1.82) is 0 Å². The molecular formula is C20H29N7O4S2. The fraction of sp³-hybridized carbons (Fsp3) is 0.450. The van der Waals surface area contributed by atoms with Gasteiger partial charge in [-0.25, -0.2) is 4.98 Å². The Morgan fingerprint density at radius 2 is 1.85 bits per heavy atom. The standard InChI is InChI=1S/C20H29N7O4S2/c1-14(18(21)28)22-17-13-32-20(23-17)24-19(29)16(12-15-6-4-3-5-7-15)25-33(30,31)27-10-8-26(2)9-11-27/h3-7,13-14,16,22,25H,8-12H2,1-2H3,(H2,21,28)(H,23,24,29)/t14-,16-/m0/s1. The number of nitrogens with two attached hydrogens (primary N) is 1. The lowest BCUT2D eigenvalue weighted by molar-refractivity contribution is -0.118. The number of rotatable bonds is 10. The molecule has 1 aromatic heterocycles. The third-order valence-corrected chi connectivity index (χ3v) is 7.60. The number of benzene rings is 1. The van der Waals surface area contributed by atoms with Crippen LogP contribution in [0.4, 0.5) is 10.9 Å². The minimum Gasteiger partial charge on any atom is -0.368 e. The second-order valence-electron chi connectivity index (χ2n) is 7.86. The molecule has 5 N–H and O–H groups in total. The van der Waals surface area contributed by atoms with Crippen molar-refractivity contribution in [3.05, 3.63) is 41.3 Å². The monoisotopic (exact) mass is 495 g/mol. The number of nitrogens with zero attached hydrogens (tertiary/aromatic N) is 3. The van der Waals surface area contributed by atoms with Gasteiger partial charge >= 0.3 is 0 Å². The first-order chi connectivity index (χ1) is 15.6. The zero-order valence-electron chi connectivity index (χ0n) is 18.5. The van der Waals surface area contributed by atoms with E-state index in [2.05, 4.69) is 20.3 Å². The van der Waals surface area contributed by atoms with E-state index in [-0.39, 0.29) is 11.6 Å². The van der Waals surface area contributed by atoms with Crippen LogP contribution < -0.4 is 21.1 Å². The topological polar surface area (TPSA) is 150 Å². The second kappa shape index (κ2) is 11.0. The molecule has 180 valence electrons. The molecule has 2 amide bonds. The number of hydrogen-bond donors (Lipinski definition) is 4. The smallest absolute Gasteiger partial charge is 0.280 e. The maximum Gasteiger partial charge on any atom is 0.280 e. The van der Waals surface area contributed by atoms with Crippen LogP contribution in [0, 0.1) is 0 Å². The summed E-state index contributed by atoms with van der Waals surface area (Å²) >= 11 is 1.15. The lowest BCUT2D eigenvalue weighted by Crippen LogP contribution is -2.55. The number of piperazine rings is 1. The number of nitrogens with one attached hydrogen (secondary N) is 3. The SMILES string of the molecule is C[C@H](Nc1csc(NC(=O)[C@H](Cc2ccccc2)NS(=O)(=O)N2CCN(C)CC2)n1)C(N)=O. The molecule has 3 rings (SSSR count). The Balaban J connectivity index is 1.73. The van der Waals surface area contributed by atoms with Crippen molar-refractivity contribution in [3.63, 3.8) is 0 Å². The van der Waals surface area contributed by atoms with Gasteiger partial charge in [0.25, 0.3) is 10.2 Å². The summed E-state index contributed by atoms with van der Waals surface area (Å²) in [5.74, 6) is -0.672. The third kappa shape index (κ3) is 7.20. The van der Waals surface area contributed by atoms with Gasteiger partial charge in [0.15, 0.2) is 5.13 Å². The highest BCUT2D eigenvalue weighted by Crippen LogP contribution is 2.20. The number of primary amides is 1. The van der Waals surface area contributed by atoms with Crippen molar-refractivity contribution < 1.29 is 18.0 Å². The van der Waals surface area contributed by atoms with Crippen LogP contribution >= 0.6 is 11.3 Å². The fourth-order valence-corrected chi connectivity index (χ4v) is 5.20. The van der Waals surface area contributed by atoms with Crippen LogP contribution in [0.1, 0.15) is 12.5 Å². The zero-order chi connectivity index (χ0) is 24.0. The van der Waals surface area contributed by atoms with Gasteiger partial charge < -0.3 is 21.3 Å². The van der Waals surface area contributed by atoms with Gasteiger partial charge in [0, 0.05) is 31.6 Å². The molecule has 2 aromatic rings. The molecule has 1 fully saturated rings. The van der Waals surface area contributed by atoms with E-state index in [1.807, 2.05) is 42.3 Å². The van der Waals surface area contributed by atoms with Gasteiger partial charge in [-0.2, -0.15) is 17.4 Å². The maximum atomic E-state index is 13.1. The van der Waals surface area contributed by atoms with Gasteiger partial charge in [0.2, 0.25) is 11.8 Å². The fourth-order valence-electron chi connectivity index (χ4n) is 3.20. The summed E-state index contributed by atoms with van der Waals surface area (Å²) in [4.78, 5) is 30.6. The Kier molecular flexibility index (Phi) is 8.37. The molecule has 33 heavy (non-hydrogen) atoms. The molecule has 0 saturated carbocycles. The van der Waals surface area contributed by atoms with Crippen LogP contribution in [0.5, 0.6) is 0 Å². The van der Waals surface area contributed by atoms with Crippen LogP contribution in [0.2, 0.25) is 0 Å². The summed E-state index contributed by atoms with van der Waals surface area (Å²) in [5, 5.41) is 7.43. The van der Waals surface area contributed by atoms with E-state index < -0.39 is 34.1 Å². The Bertz CT molecular complexity index is 1050. The molecule has 2 heterocycles. The summed E-state index contributed by atoms with van der Waals surface area (Å²) < 4.78 is 29.9. The zero-order valence-corrected chi connectivity index (χ0v) is 20.2. The van der Waals surface area contributed by atoms with E-state index in [0.717, 1.165) is 16.9 Å². The van der Waals surface area contributed by atoms with Gasteiger partial charge in [0.05, 0.1) is 0 Å². The normalized spacial score (nSPS) is 17.3. The molecule has 0 spiro atoms. The maximum absolute atomic E-state index is 13.1. The minimum absolute atomic E-state index is 0.175. The number of carbonyl (C=O) groups is 2. The van der Waals surface area contributed by atoms with Crippen molar-refractivity contribution in [1.82, 2.24) is 18.9 Å². The minimum atomic E-state index is -3.87. The van der Waals surface area contributed by atoms with E-state index in [0.29, 0.717) is 32.0 Å². The molecule has 0 bridgehead atoms. The largest absolute Gasteiger partial charge is 0.368 e. The van der Waals surface area contributed by atoms with Gasteiger partial charge in [-0.15, -0.1) is 11.3 Å². The number of thiazole rings is 1. The number of hydrogen-bond acceptors (Lipinski definition) is 8. The number of carbonyl (C=O) groups excluding carboxylic acids is 2. The average molecular weight is 496 g/mol. The molecule has 1 aromatic carbocycles. The molecule has 11 nitrogen and oxygen atoms in total. The number of amides is 2. The molecule has 13 heteroatoms. The number of aromatic nitrogens is 1. The third-order valence-electron chi connectivity index (χ3n) is 5.22. The van der Waals surface area contributed by atoms with Crippen LogP contribution in [0.15, 0.2) is 35.7 Å². The first kappa shape index (κ1) is 25.1. The van der Waals surface area contributed by atoms with E-state index in [1.54, 1.807) is 12.3 Å². The first-order valence-corrected chi connectivity index (χ1v) is 12.8. The van der Waals surface area contributed by atoms with Crippen LogP contribution in [-0.2, 0) is 26.2 Å². The average Bonchev–Trinajstić information content (AvgIpc) is 3.20. The van der Waals surface area contributed by atoms with Crippen molar-refractivity contribution in [2.24, 2.45) is 5.73 Å². The lowest BCUT2D eigenvalue weighted by Gasteiger charge is -2.32. The van der Waals surface area contributed by atoms with Crippen molar-refractivity contribution in [3.8, 4) is 0 Å². The Morgan fingerprint density at radius 3 is 2.48 bits per heavy atom. The Labute approximate surface area is 197 Å².